The number of hydrogen-bond donors (Lipinski definition) is 1. The quantitative estimate of drug-likeness (QED) is 0.718. The average Bonchev–Trinajstić information content (AvgIpc) is 2.94. The van der Waals surface area contributed by atoms with Crippen molar-refractivity contribution < 1.29 is 4.39 Å². The topological polar surface area (TPSA) is 29.3 Å². The van der Waals surface area contributed by atoms with Crippen LogP contribution in [0.3, 0.4) is 0 Å². The van der Waals surface area contributed by atoms with Crippen molar-refractivity contribution in [3.05, 3.63) is 54.0 Å². The normalized spacial score (nSPS) is 15.8. The van der Waals surface area contributed by atoms with Crippen LogP contribution in [0.4, 0.5) is 10.2 Å². The van der Waals surface area contributed by atoms with Crippen molar-refractivity contribution in [2.45, 2.75) is 45.1 Å². The highest BCUT2D eigenvalue weighted by molar-refractivity contribution is 5.76. The van der Waals surface area contributed by atoms with Crippen LogP contribution in [0.15, 0.2) is 42.6 Å². The van der Waals surface area contributed by atoms with Crippen LogP contribution in [0, 0.1) is 12.7 Å². The van der Waals surface area contributed by atoms with Gasteiger partial charge in [-0.2, -0.15) is 0 Å². The Morgan fingerprint density at radius 1 is 1.08 bits per heavy atom. The van der Waals surface area contributed by atoms with Crippen molar-refractivity contribution in [3.8, 4) is 11.3 Å². The maximum absolute atomic E-state index is 13.3. The van der Waals surface area contributed by atoms with Crippen LogP contribution in [0.1, 0.15) is 37.7 Å². The first-order chi connectivity index (χ1) is 11.7. The predicted octanol–water partition coefficient (Wildman–Crippen LogP) is 5.19. The van der Waals surface area contributed by atoms with Crippen molar-refractivity contribution >= 4 is 11.5 Å². The van der Waals surface area contributed by atoms with E-state index in [1.165, 1.54) is 49.8 Å². The molecule has 0 amide bonds. The van der Waals surface area contributed by atoms with E-state index in [9.17, 15) is 4.39 Å². The van der Waals surface area contributed by atoms with Gasteiger partial charge in [-0.05, 0) is 61.7 Å². The molecule has 124 valence electrons. The minimum atomic E-state index is -0.222. The lowest BCUT2D eigenvalue weighted by molar-refractivity contribution is 0.462. The number of halogens is 1. The maximum Gasteiger partial charge on any atom is 0.139 e. The molecule has 4 rings (SSSR count). The summed E-state index contributed by atoms with van der Waals surface area (Å²) in [6, 6.07) is 11.3. The summed E-state index contributed by atoms with van der Waals surface area (Å²) in [7, 11) is 0. The Hall–Kier alpha value is -2.36. The minimum Gasteiger partial charge on any atom is -0.367 e. The first-order valence-electron chi connectivity index (χ1n) is 8.72. The van der Waals surface area contributed by atoms with E-state index in [-0.39, 0.29) is 5.82 Å². The standard InChI is InChI=1S/C20H22FN3/c1-14-11-12-24-18(13-14)23-19(15-7-9-16(21)10-8-15)20(24)22-17-5-3-2-4-6-17/h7-13,17,22H,2-6H2,1H3. The molecule has 0 unspecified atom stereocenters. The summed E-state index contributed by atoms with van der Waals surface area (Å²) in [5, 5.41) is 3.71. The number of imidazole rings is 1. The smallest absolute Gasteiger partial charge is 0.139 e. The van der Waals surface area contributed by atoms with Gasteiger partial charge in [0, 0.05) is 17.8 Å². The molecule has 2 heterocycles. The van der Waals surface area contributed by atoms with Gasteiger partial charge in [0.15, 0.2) is 0 Å². The Bertz CT molecular complexity index is 845. The monoisotopic (exact) mass is 323 g/mol. The molecule has 0 saturated heterocycles. The molecule has 0 spiro atoms. The lowest BCUT2D eigenvalue weighted by atomic mass is 9.95. The van der Waals surface area contributed by atoms with Gasteiger partial charge < -0.3 is 5.32 Å². The van der Waals surface area contributed by atoms with E-state index in [0.717, 1.165) is 22.7 Å². The van der Waals surface area contributed by atoms with E-state index in [2.05, 4.69) is 35.0 Å². The van der Waals surface area contributed by atoms with E-state index in [1.807, 2.05) is 0 Å². The van der Waals surface area contributed by atoms with Gasteiger partial charge in [0.2, 0.25) is 0 Å². The SMILES string of the molecule is Cc1ccn2c(NC3CCCCC3)c(-c3ccc(F)cc3)nc2c1. The summed E-state index contributed by atoms with van der Waals surface area (Å²) in [5.74, 6) is 0.795. The summed E-state index contributed by atoms with van der Waals surface area (Å²) in [6.07, 6.45) is 8.34. The third-order valence-corrected chi connectivity index (χ3v) is 4.85. The van der Waals surface area contributed by atoms with Crippen molar-refractivity contribution in [2.24, 2.45) is 0 Å². The Morgan fingerprint density at radius 3 is 2.58 bits per heavy atom. The molecule has 1 aromatic carbocycles. The highest BCUT2D eigenvalue weighted by Crippen LogP contribution is 2.31. The second-order valence-corrected chi connectivity index (χ2v) is 6.73. The number of aromatic nitrogens is 2. The van der Waals surface area contributed by atoms with Gasteiger partial charge in [-0.15, -0.1) is 0 Å². The molecule has 1 aliphatic carbocycles. The summed E-state index contributed by atoms with van der Waals surface area (Å²) in [6.45, 7) is 2.07. The first-order valence-corrected chi connectivity index (χ1v) is 8.72. The molecular weight excluding hydrogens is 301 g/mol. The Labute approximate surface area is 141 Å². The minimum absolute atomic E-state index is 0.222. The zero-order valence-corrected chi connectivity index (χ0v) is 13.9. The fraction of sp³-hybridized carbons (Fsp3) is 0.350. The number of fused-ring (bicyclic) bond motifs is 1. The van der Waals surface area contributed by atoms with Gasteiger partial charge in [-0.3, -0.25) is 4.40 Å². The van der Waals surface area contributed by atoms with Gasteiger partial charge >= 0.3 is 0 Å². The van der Waals surface area contributed by atoms with E-state index in [1.54, 1.807) is 12.1 Å². The van der Waals surface area contributed by atoms with Crippen LogP contribution in [0.5, 0.6) is 0 Å². The number of anilines is 1. The largest absolute Gasteiger partial charge is 0.367 e. The van der Waals surface area contributed by atoms with Gasteiger partial charge in [-0.25, -0.2) is 9.37 Å². The van der Waals surface area contributed by atoms with E-state index >= 15 is 0 Å². The van der Waals surface area contributed by atoms with Gasteiger partial charge in [0.1, 0.15) is 23.0 Å². The van der Waals surface area contributed by atoms with Crippen LogP contribution >= 0.6 is 0 Å². The number of nitrogens with zero attached hydrogens (tertiary/aromatic N) is 2. The molecule has 1 fully saturated rings. The van der Waals surface area contributed by atoms with Gasteiger partial charge in [0.05, 0.1) is 0 Å². The number of pyridine rings is 1. The molecule has 1 aliphatic rings. The van der Waals surface area contributed by atoms with E-state index in [4.69, 9.17) is 4.98 Å². The second kappa shape index (κ2) is 6.27. The number of nitrogens with one attached hydrogen (secondary N) is 1. The molecule has 1 saturated carbocycles. The van der Waals surface area contributed by atoms with Crippen molar-refractivity contribution in [2.75, 3.05) is 5.32 Å². The van der Waals surface area contributed by atoms with Crippen molar-refractivity contribution in [1.29, 1.82) is 0 Å². The van der Waals surface area contributed by atoms with E-state index in [0.29, 0.717) is 6.04 Å². The summed E-state index contributed by atoms with van der Waals surface area (Å²) < 4.78 is 15.4. The second-order valence-electron chi connectivity index (χ2n) is 6.73. The molecule has 3 aromatic rings. The van der Waals surface area contributed by atoms with Gasteiger partial charge in [-0.1, -0.05) is 19.3 Å². The predicted molar refractivity (Wildman–Crippen MR) is 95.8 cm³/mol. The number of hydrogen-bond acceptors (Lipinski definition) is 2. The third kappa shape index (κ3) is 2.88. The van der Waals surface area contributed by atoms with Crippen molar-refractivity contribution in [3.63, 3.8) is 0 Å². The fourth-order valence-corrected chi connectivity index (χ4v) is 3.53. The Morgan fingerprint density at radius 2 is 1.83 bits per heavy atom. The molecular formula is C20H22FN3. The zero-order chi connectivity index (χ0) is 16.5. The summed E-state index contributed by atoms with van der Waals surface area (Å²) >= 11 is 0. The lowest BCUT2D eigenvalue weighted by Gasteiger charge is -2.24. The van der Waals surface area contributed by atoms with Crippen LogP contribution < -0.4 is 5.32 Å². The van der Waals surface area contributed by atoms with Crippen molar-refractivity contribution in [1.82, 2.24) is 9.38 Å². The summed E-state index contributed by atoms with van der Waals surface area (Å²) in [5.41, 5.74) is 3.94. The average molecular weight is 323 g/mol. The first kappa shape index (κ1) is 15.2. The molecule has 0 atom stereocenters. The zero-order valence-electron chi connectivity index (χ0n) is 13.9. The molecule has 3 nitrogen and oxygen atoms in total. The highest BCUT2D eigenvalue weighted by Gasteiger charge is 2.19. The number of aryl methyl sites for hydroxylation is 1. The van der Waals surface area contributed by atoms with Crippen LogP contribution in [-0.4, -0.2) is 15.4 Å². The molecule has 4 heteroatoms. The van der Waals surface area contributed by atoms with Crippen LogP contribution in [-0.2, 0) is 0 Å². The van der Waals surface area contributed by atoms with E-state index < -0.39 is 0 Å². The Kier molecular flexibility index (Phi) is 3.97. The number of benzene rings is 1. The van der Waals surface area contributed by atoms with Crippen LogP contribution in [0.25, 0.3) is 16.9 Å². The molecule has 0 radical (unpaired) electrons. The maximum atomic E-state index is 13.3. The lowest BCUT2D eigenvalue weighted by Crippen LogP contribution is -2.23. The third-order valence-electron chi connectivity index (χ3n) is 4.85. The molecule has 0 bridgehead atoms. The highest BCUT2D eigenvalue weighted by atomic mass is 19.1. The molecule has 0 aliphatic heterocycles. The Balaban J connectivity index is 1.81. The van der Waals surface area contributed by atoms with Crippen LogP contribution in [0.2, 0.25) is 0 Å². The molecule has 2 aromatic heterocycles. The number of rotatable bonds is 3. The molecule has 1 N–H and O–H groups in total. The van der Waals surface area contributed by atoms with Gasteiger partial charge in [0.25, 0.3) is 0 Å². The fourth-order valence-electron chi connectivity index (χ4n) is 3.53. The summed E-state index contributed by atoms with van der Waals surface area (Å²) in [4.78, 5) is 4.82. The molecule has 24 heavy (non-hydrogen) atoms.